The second-order valence-electron chi connectivity index (χ2n) is 8.23. The molecule has 1 aliphatic carbocycles. The first kappa shape index (κ1) is 21.2. The van der Waals surface area contributed by atoms with E-state index in [1.165, 1.54) is 0 Å². The molecular weight excluding hydrogens is 432 g/mol. The van der Waals surface area contributed by atoms with E-state index in [0.717, 1.165) is 28.9 Å². The molecular formula is C27H23ClN4O. The third-order valence-electron chi connectivity index (χ3n) is 6.27. The van der Waals surface area contributed by atoms with E-state index in [-0.39, 0.29) is 17.2 Å². The van der Waals surface area contributed by atoms with Crippen LogP contribution < -0.4 is 5.43 Å². The molecule has 0 radical (unpaired) electrons. The normalized spacial score (nSPS) is 16.6. The van der Waals surface area contributed by atoms with Crippen LogP contribution in [0.5, 0.6) is 0 Å². The summed E-state index contributed by atoms with van der Waals surface area (Å²) in [6.45, 7) is 1.87. The minimum Gasteiger partial charge on any atom is -0.273 e. The van der Waals surface area contributed by atoms with Gasteiger partial charge in [0.15, 0.2) is 0 Å². The number of nitrogens with zero attached hydrogens (tertiary/aromatic N) is 3. The van der Waals surface area contributed by atoms with Crippen molar-refractivity contribution in [2.45, 2.75) is 18.8 Å². The van der Waals surface area contributed by atoms with Gasteiger partial charge in [0, 0.05) is 5.41 Å². The smallest absolute Gasteiger partial charge is 0.244 e. The number of para-hydroxylation sites is 1. The van der Waals surface area contributed by atoms with Crippen LogP contribution in [0.4, 0.5) is 0 Å². The molecule has 1 amide bonds. The Labute approximate surface area is 197 Å². The van der Waals surface area contributed by atoms with Gasteiger partial charge in [-0.15, -0.1) is 0 Å². The molecule has 0 spiro atoms. The van der Waals surface area contributed by atoms with Crippen molar-refractivity contribution in [3.63, 3.8) is 0 Å². The molecule has 33 heavy (non-hydrogen) atoms. The third kappa shape index (κ3) is 3.85. The van der Waals surface area contributed by atoms with Gasteiger partial charge in [-0.3, -0.25) is 4.79 Å². The molecule has 0 unspecified atom stereocenters. The first-order valence-electron chi connectivity index (χ1n) is 10.9. The maximum absolute atomic E-state index is 13.1. The van der Waals surface area contributed by atoms with Crippen LogP contribution in [0, 0.1) is 12.8 Å². The third-order valence-corrected chi connectivity index (χ3v) is 6.64. The summed E-state index contributed by atoms with van der Waals surface area (Å²) in [5.74, 6) is -0.300. The molecule has 5 rings (SSSR count). The van der Waals surface area contributed by atoms with Crippen molar-refractivity contribution in [3.8, 4) is 5.69 Å². The molecule has 1 saturated carbocycles. The summed E-state index contributed by atoms with van der Waals surface area (Å²) < 4.78 is 1.66. The monoisotopic (exact) mass is 454 g/mol. The predicted molar refractivity (Wildman–Crippen MR) is 131 cm³/mol. The summed E-state index contributed by atoms with van der Waals surface area (Å²) in [4.78, 5) is 13.1. The first-order valence-corrected chi connectivity index (χ1v) is 11.2. The lowest BCUT2D eigenvalue weighted by molar-refractivity contribution is -0.122. The molecule has 0 aliphatic heterocycles. The molecule has 0 bridgehead atoms. The number of hydrazone groups is 1. The molecule has 1 fully saturated rings. The van der Waals surface area contributed by atoms with Crippen molar-refractivity contribution in [1.82, 2.24) is 15.2 Å². The zero-order valence-electron chi connectivity index (χ0n) is 18.1. The SMILES string of the molecule is Cc1nn(-c2ccccc2)c(Cl)c1/C=N\NC(=O)[C@H]1CC1(c1ccccc1)c1ccccc1. The topological polar surface area (TPSA) is 59.3 Å². The molecule has 4 aromatic rings. The zero-order chi connectivity index (χ0) is 22.8. The minimum absolute atomic E-state index is 0.108. The van der Waals surface area contributed by atoms with Crippen molar-refractivity contribution >= 4 is 23.7 Å². The van der Waals surface area contributed by atoms with Crippen LogP contribution in [0.15, 0.2) is 96.1 Å². The van der Waals surface area contributed by atoms with Gasteiger partial charge in [0.25, 0.3) is 0 Å². The fourth-order valence-electron chi connectivity index (χ4n) is 4.49. The fraction of sp³-hybridized carbons (Fsp3) is 0.148. The summed E-state index contributed by atoms with van der Waals surface area (Å²) in [6, 6.07) is 30.1. The summed E-state index contributed by atoms with van der Waals surface area (Å²) in [5, 5.41) is 9.18. The van der Waals surface area contributed by atoms with Crippen molar-refractivity contribution in [1.29, 1.82) is 0 Å². The Bertz CT molecular complexity index is 1260. The van der Waals surface area contributed by atoms with Crippen molar-refractivity contribution in [3.05, 3.63) is 119 Å². The Morgan fingerprint density at radius 1 is 1.00 bits per heavy atom. The van der Waals surface area contributed by atoms with E-state index >= 15 is 0 Å². The summed E-state index contributed by atoms with van der Waals surface area (Å²) in [5.41, 5.74) is 6.96. The van der Waals surface area contributed by atoms with Crippen LogP contribution in [-0.2, 0) is 10.2 Å². The average molecular weight is 455 g/mol. The van der Waals surface area contributed by atoms with Gasteiger partial charge in [-0.25, -0.2) is 10.1 Å². The van der Waals surface area contributed by atoms with E-state index in [1.54, 1.807) is 10.9 Å². The van der Waals surface area contributed by atoms with Gasteiger partial charge in [0.05, 0.1) is 29.1 Å². The lowest BCUT2D eigenvalue weighted by Gasteiger charge is -2.18. The second-order valence-corrected chi connectivity index (χ2v) is 8.59. The van der Waals surface area contributed by atoms with Crippen LogP contribution in [-0.4, -0.2) is 21.9 Å². The number of rotatable bonds is 6. The maximum atomic E-state index is 13.1. The van der Waals surface area contributed by atoms with Crippen molar-refractivity contribution in [2.75, 3.05) is 0 Å². The predicted octanol–water partition coefficient (Wildman–Crippen LogP) is 5.29. The number of aryl methyl sites for hydroxylation is 1. The van der Waals surface area contributed by atoms with Gasteiger partial charge in [0.2, 0.25) is 5.91 Å². The molecule has 3 aromatic carbocycles. The van der Waals surface area contributed by atoms with Gasteiger partial charge < -0.3 is 0 Å². The second kappa shape index (κ2) is 8.68. The number of amides is 1. The zero-order valence-corrected chi connectivity index (χ0v) is 18.9. The van der Waals surface area contributed by atoms with Crippen LogP contribution in [0.2, 0.25) is 5.15 Å². The van der Waals surface area contributed by atoms with E-state index < -0.39 is 0 Å². The number of aromatic nitrogens is 2. The van der Waals surface area contributed by atoms with Crippen LogP contribution in [0.1, 0.15) is 28.8 Å². The summed E-state index contributed by atoms with van der Waals surface area (Å²) >= 11 is 6.56. The van der Waals surface area contributed by atoms with E-state index in [4.69, 9.17) is 11.6 Å². The fourth-order valence-corrected chi connectivity index (χ4v) is 4.81. The van der Waals surface area contributed by atoms with Gasteiger partial charge in [-0.1, -0.05) is 90.5 Å². The Hall–Kier alpha value is -3.70. The van der Waals surface area contributed by atoms with Crippen LogP contribution in [0.25, 0.3) is 5.69 Å². The van der Waals surface area contributed by atoms with Gasteiger partial charge >= 0.3 is 0 Å². The number of carbonyl (C=O) groups excluding carboxylic acids is 1. The molecule has 1 aliphatic rings. The van der Waals surface area contributed by atoms with Crippen LogP contribution in [0.3, 0.4) is 0 Å². The highest BCUT2D eigenvalue weighted by Crippen LogP contribution is 2.58. The van der Waals surface area contributed by atoms with E-state index in [1.807, 2.05) is 73.7 Å². The number of hydrogen-bond acceptors (Lipinski definition) is 3. The number of halogens is 1. The van der Waals surface area contributed by atoms with Crippen molar-refractivity contribution < 1.29 is 4.79 Å². The molecule has 0 saturated heterocycles. The van der Waals surface area contributed by atoms with Crippen LogP contribution >= 0.6 is 11.6 Å². The number of hydrogen-bond donors (Lipinski definition) is 1. The Balaban J connectivity index is 1.35. The number of benzene rings is 3. The quantitative estimate of drug-likeness (QED) is 0.318. The molecule has 1 aromatic heterocycles. The molecule has 1 atom stereocenters. The minimum atomic E-state index is -0.326. The Morgan fingerprint density at radius 3 is 2.12 bits per heavy atom. The Morgan fingerprint density at radius 2 is 1.55 bits per heavy atom. The maximum Gasteiger partial charge on any atom is 0.244 e. The van der Waals surface area contributed by atoms with Gasteiger partial charge in [0.1, 0.15) is 5.15 Å². The van der Waals surface area contributed by atoms with Gasteiger partial charge in [-0.05, 0) is 36.6 Å². The van der Waals surface area contributed by atoms with E-state index in [9.17, 15) is 4.79 Å². The Kier molecular flexibility index (Phi) is 5.56. The number of nitrogens with one attached hydrogen (secondary N) is 1. The lowest BCUT2D eigenvalue weighted by atomic mass is 9.85. The average Bonchev–Trinajstić information content (AvgIpc) is 3.57. The first-order chi connectivity index (χ1) is 16.1. The van der Waals surface area contributed by atoms with E-state index in [0.29, 0.717) is 10.7 Å². The molecule has 5 nitrogen and oxygen atoms in total. The lowest BCUT2D eigenvalue weighted by Crippen LogP contribution is -2.25. The van der Waals surface area contributed by atoms with Gasteiger partial charge in [-0.2, -0.15) is 10.2 Å². The number of carbonyl (C=O) groups is 1. The van der Waals surface area contributed by atoms with Crippen molar-refractivity contribution in [2.24, 2.45) is 11.0 Å². The molecule has 6 heteroatoms. The highest BCUT2D eigenvalue weighted by Gasteiger charge is 2.60. The summed E-state index contributed by atoms with van der Waals surface area (Å²) in [6.07, 6.45) is 2.31. The molecule has 1 heterocycles. The summed E-state index contributed by atoms with van der Waals surface area (Å²) in [7, 11) is 0. The highest BCUT2D eigenvalue weighted by molar-refractivity contribution is 6.32. The van der Waals surface area contributed by atoms with E-state index in [2.05, 4.69) is 39.9 Å². The largest absolute Gasteiger partial charge is 0.273 e. The standard InChI is InChI=1S/C27H23ClN4O/c1-19-23(25(28)32(31-19)22-15-9-4-10-16-22)18-29-30-26(33)24-17-27(24,20-11-5-2-6-12-20)21-13-7-3-8-14-21/h2-16,18,24H,17H2,1H3,(H,30,33)/b29-18-/t24-/m1/s1. The molecule has 1 N–H and O–H groups in total. The molecule has 164 valence electrons. The highest BCUT2D eigenvalue weighted by atomic mass is 35.5.